The summed E-state index contributed by atoms with van der Waals surface area (Å²) in [4.78, 5) is 0. The molecule has 23 heavy (non-hydrogen) atoms. The van der Waals surface area contributed by atoms with Gasteiger partial charge in [0.1, 0.15) is 17.4 Å². The van der Waals surface area contributed by atoms with Crippen LogP contribution >= 0.6 is 0 Å². The van der Waals surface area contributed by atoms with Crippen LogP contribution in [-0.4, -0.2) is 19.4 Å². The summed E-state index contributed by atoms with van der Waals surface area (Å²) in [6, 6.07) is 9.37. The van der Waals surface area contributed by atoms with E-state index in [4.69, 9.17) is 15.9 Å². The molecule has 0 saturated carbocycles. The second kappa shape index (κ2) is 7.69. The van der Waals surface area contributed by atoms with Gasteiger partial charge in [-0.3, -0.25) is 0 Å². The van der Waals surface area contributed by atoms with Gasteiger partial charge in [-0.2, -0.15) is 0 Å². The Hall–Kier alpha value is -2.47. The molecular formula is C17H19F2N3O. The van der Waals surface area contributed by atoms with Gasteiger partial charge in [-0.1, -0.05) is 18.2 Å². The Balaban J connectivity index is 1.91. The number of para-hydroxylation sites is 1. The summed E-state index contributed by atoms with van der Waals surface area (Å²) in [7, 11) is 1.61. The molecule has 0 aliphatic rings. The maximum Gasteiger partial charge on any atom is 0.137 e. The number of rotatable bonds is 7. The second-order valence-electron chi connectivity index (χ2n) is 5.07. The maximum atomic E-state index is 13.7. The standard InChI is InChI=1S/C17H19F2N3O/c1-23-16-5-3-2-4-11(16)10-22-7-6-14(20)17-13(19)8-12(18)9-15(17)21/h2-5,8-9,20,22H,6-7,10,21H2,1H3. The van der Waals surface area contributed by atoms with Gasteiger partial charge in [-0.25, -0.2) is 8.78 Å². The van der Waals surface area contributed by atoms with Crippen LogP contribution in [0.5, 0.6) is 5.75 Å². The van der Waals surface area contributed by atoms with Gasteiger partial charge in [0.2, 0.25) is 0 Å². The number of hydrogen-bond acceptors (Lipinski definition) is 4. The fourth-order valence-corrected chi connectivity index (χ4v) is 2.32. The van der Waals surface area contributed by atoms with E-state index < -0.39 is 11.6 Å². The van der Waals surface area contributed by atoms with Crippen molar-refractivity contribution in [3.05, 3.63) is 59.2 Å². The molecule has 4 nitrogen and oxygen atoms in total. The molecule has 0 heterocycles. The SMILES string of the molecule is COc1ccccc1CNCCC(=N)c1c(N)cc(F)cc1F. The molecule has 0 saturated heterocycles. The quantitative estimate of drug-likeness (QED) is 0.417. The lowest BCUT2D eigenvalue weighted by atomic mass is 10.0. The third-order valence-electron chi connectivity index (χ3n) is 3.45. The topological polar surface area (TPSA) is 71.1 Å². The highest BCUT2D eigenvalue weighted by Gasteiger charge is 2.13. The first-order valence-electron chi connectivity index (χ1n) is 7.18. The zero-order chi connectivity index (χ0) is 16.8. The molecular weight excluding hydrogens is 300 g/mol. The summed E-state index contributed by atoms with van der Waals surface area (Å²) < 4.78 is 32.0. The number of anilines is 1. The normalized spacial score (nSPS) is 10.6. The predicted molar refractivity (Wildman–Crippen MR) is 86.9 cm³/mol. The number of nitrogen functional groups attached to an aromatic ring is 1. The average molecular weight is 319 g/mol. The van der Waals surface area contributed by atoms with Crippen LogP contribution in [0.2, 0.25) is 0 Å². The van der Waals surface area contributed by atoms with Crippen LogP contribution in [0.3, 0.4) is 0 Å². The van der Waals surface area contributed by atoms with E-state index >= 15 is 0 Å². The lowest BCUT2D eigenvalue weighted by molar-refractivity contribution is 0.408. The molecule has 4 N–H and O–H groups in total. The van der Waals surface area contributed by atoms with Crippen LogP contribution in [0, 0.1) is 17.0 Å². The molecule has 122 valence electrons. The number of hydrogen-bond donors (Lipinski definition) is 3. The molecule has 0 aliphatic carbocycles. The van der Waals surface area contributed by atoms with Crippen molar-refractivity contribution < 1.29 is 13.5 Å². The van der Waals surface area contributed by atoms with Gasteiger partial charge in [0, 0.05) is 42.5 Å². The number of benzene rings is 2. The molecule has 2 rings (SSSR count). The summed E-state index contributed by atoms with van der Waals surface area (Å²) in [5.74, 6) is -0.771. The van der Waals surface area contributed by atoms with Gasteiger partial charge < -0.3 is 21.2 Å². The molecule has 2 aromatic rings. The van der Waals surface area contributed by atoms with Crippen LogP contribution in [0.15, 0.2) is 36.4 Å². The lowest BCUT2D eigenvalue weighted by Crippen LogP contribution is -2.19. The van der Waals surface area contributed by atoms with E-state index in [1.165, 1.54) is 0 Å². The highest BCUT2D eigenvalue weighted by Crippen LogP contribution is 2.20. The van der Waals surface area contributed by atoms with Crippen molar-refractivity contribution >= 4 is 11.4 Å². The van der Waals surface area contributed by atoms with Crippen molar-refractivity contribution in [2.75, 3.05) is 19.4 Å². The molecule has 0 spiro atoms. The molecule has 0 fully saturated rings. The van der Waals surface area contributed by atoms with E-state index in [9.17, 15) is 8.78 Å². The number of nitrogens with one attached hydrogen (secondary N) is 2. The van der Waals surface area contributed by atoms with Crippen LogP contribution < -0.4 is 15.8 Å². The smallest absolute Gasteiger partial charge is 0.137 e. The Kier molecular flexibility index (Phi) is 5.65. The summed E-state index contributed by atoms with van der Waals surface area (Å²) in [5, 5.41) is 11.1. The van der Waals surface area contributed by atoms with Crippen LogP contribution in [0.4, 0.5) is 14.5 Å². The van der Waals surface area contributed by atoms with Crippen molar-refractivity contribution in [3.8, 4) is 5.75 Å². The highest BCUT2D eigenvalue weighted by atomic mass is 19.1. The molecule has 0 aromatic heterocycles. The summed E-state index contributed by atoms with van der Waals surface area (Å²) in [6.07, 6.45) is 0.280. The number of nitrogens with two attached hydrogens (primary N) is 1. The van der Waals surface area contributed by atoms with Crippen molar-refractivity contribution in [2.24, 2.45) is 0 Å². The van der Waals surface area contributed by atoms with Gasteiger partial charge in [-0.15, -0.1) is 0 Å². The fourth-order valence-electron chi connectivity index (χ4n) is 2.32. The monoisotopic (exact) mass is 319 g/mol. The first kappa shape index (κ1) is 16.9. The largest absolute Gasteiger partial charge is 0.496 e. The van der Waals surface area contributed by atoms with E-state index in [1.54, 1.807) is 7.11 Å². The average Bonchev–Trinajstić information content (AvgIpc) is 2.51. The third-order valence-corrected chi connectivity index (χ3v) is 3.45. The van der Waals surface area contributed by atoms with Gasteiger partial charge in [0.15, 0.2) is 0 Å². The molecule has 0 unspecified atom stereocenters. The first-order valence-corrected chi connectivity index (χ1v) is 7.18. The fraction of sp³-hybridized carbons (Fsp3) is 0.235. The van der Waals surface area contributed by atoms with Crippen molar-refractivity contribution in [3.63, 3.8) is 0 Å². The summed E-state index contributed by atoms with van der Waals surface area (Å²) in [6.45, 7) is 1.03. The zero-order valence-corrected chi connectivity index (χ0v) is 12.8. The van der Waals surface area contributed by atoms with Crippen LogP contribution in [0.25, 0.3) is 0 Å². The molecule has 0 radical (unpaired) electrons. The zero-order valence-electron chi connectivity index (χ0n) is 12.8. The van der Waals surface area contributed by atoms with Gasteiger partial charge >= 0.3 is 0 Å². The second-order valence-corrected chi connectivity index (χ2v) is 5.07. The summed E-state index contributed by atoms with van der Waals surface area (Å²) in [5.41, 5.74) is 6.53. The predicted octanol–water partition coefficient (Wildman–Crippen LogP) is 3.10. The number of ether oxygens (including phenoxy) is 1. The number of methoxy groups -OCH3 is 1. The van der Waals surface area contributed by atoms with Gasteiger partial charge in [-0.05, 0) is 12.1 Å². The Bertz CT molecular complexity index is 681. The van der Waals surface area contributed by atoms with Crippen molar-refractivity contribution in [1.82, 2.24) is 5.32 Å². The molecule has 0 amide bonds. The minimum Gasteiger partial charge on any atom is -0.496 e. The Morgan fingerprint density at radius 2 is 2.00 bits per heavy atom. The lowest BCUT2D eigenvalue weighted by Gasteiger charge is -2.11. The van der Waals surface area contributed by atoms with Crippen LogP contribution in [0.1, 0.15) is 17.5 Å². The van der Waals surface area contributed by atoms with E-state index in [0.29, 0.717) is 13.1 Å². The minimum absolute atomic E-state index is 0.0347. The van der Waals surface area contributed by atoms with Gasteiger partial charge in [0.25, 0.3) is 0 Å². The molecule has 0 atom stereocenters. The Morgan fingerprint density at radius 1 is 1.26 bits per heavy atom. The third kappa shape index (κ3) is 4.26. The first-order chi connectivity index (χ1) is 11.0. The van der Waals surface area contributed by atoms with Crippen molar-refractivity contribution in [1.29, 1.82) is 5.41 Å². The number of halogens is 2. The molecule has 2 aromatic carbocycles. The van der Waals surface area contributed by atoms with E-state index in [2.05, 4.69) is 5.32 Å². The highest BCUT2D eigenvalue weighted by molar-refractivity contribution is 6.02. The molecule has 0 bridgehead atoms. The molecule has 0 aliphatic heterocycles. The summed E-state index contributed by atoms with van der Waals surface area (Å²) >= 11 is 0. The molecule has 6 heteroatoms. The van der Waals surface area contributed by atoms with E-state index in [1.807, 2.05) is 24.3 Å². The van der Waals surface area contributed by atoms with Crippen molar-refractivity contribution in [2.45, 2.75) is 13.0 Å². The van der Waals surface area contributed by atoms with E-state index in [0.717, 1.165) is 23.4 Å². The van der Waals surface area contributed by atoms with Crippen LogP contribution in [-0.2, 0) is 6.54 Å². The Labute approximate surface area is 133 Å². The maximum absolute atomic E-state index is 13.7. The Morgan fingerprint density at radius 3 is 2.70 bits per heavy atom. The minimum atomic E-state index is -0.808. The van der Waals surface area contributed by atoms with Gasteiger partial charge in [0.05, 0.1) is 12.7 Å². The van der Waals surface area contributed by atoms with E-state index in [-0.39, 0.29) is 23.4 Å².